The summed E-state index contributed by atoms with van der Waals surface area (Å²) in [5.74, 6) is 1.10. The summed E-state index contributed by atoms with van der Waals surface area (Å²) in [5.41, 5.74) is 0.838. The number of nitrogens with zero attached hydrogens (tertiary/aromatic N) is 1. The molecule has 1 aromatic heterocycles. The Morgan fingerprint density at radius 1 is 1.12 bits per heavy atom. The molecule has 3 aromatic rings. The number of carboxylic acids is 1. The lowest BCUT2D eigenvalue weighted by atomic mass is 10.1. The van der Waals surface area contributed by atoms with Crippen molar-refractivity contribution in [3.05, 3.63) is 53.7 Å². The zero-order chi connectivity index (χ0) is 18.1. The van der Waals surface area contributed by atoms with E-state index in [0.717, 1.165) is 0 Å². The third-order valence-corrected chi connectivity index (χ3v) is 4.04. The van der Waals surface area contributed by atoms with Gasteiger partial charge in [-0.25, -0.2) is 4.98 Å². The first kappa shape index (κ1) is 16.0. The zero-order valence-electron chi connectivity index (χ0n) is 13.9. The van der Waals surface area contributed by atoms with Crippen molar-refractivity contribution in [2.45, 2.75) is 6.61 Å². The Bertz CT molecular complexity index is 983. The quantitative estimate of drug-likeness (QED) is 0.693. The number of hydrogen-bond donors (Lipinski definition) is 0. The van der Waals surface area contributed by atoms with Gasteiger partial charge in [0.2, 0.25) is 6.79 Å². The third-order valence-electron chi connectivity index (χ3n) is 4.04. The van der Waals surface area contributed by atoms with Crippen molar-refractivity contribution in [3.8, 4) is 23.0 Å². The summed E-state index contributed by atoms with van der Waals surface area (Å²) in [6, 6.07) is 11.9. The highest BCUT2D eigenvalue weighted by Gasteiger charge is 2.17. The number of carbonyl (C=O) groups excluding carboxylic acids is 1. The van der Waals surface area contributed by atoms with Crippen molar-refractivity contribution in [2.24, 2.45) is 0 Å². The molecule has 132 valence electrons. The van der Waals surface area contributed by atoms with E-state index in [-0.39, 0.29) is 24.7 Å². The van der Waals surface area contributed by atoms with Crippen LogP contribution in [0.1, 0.15) is 16.1 Å². The van der Waals surface area contributed by atoms with Crippen LogP contribution in [0.15, 0.2) is 42.5 Å². The van der Waals surface area contributed by atoms with Gasteiger partial charge in [-0.1, -0.05) is 0 Å². The van der Waals surface area contributed by atoms with Crippen LogP contribution < -0.4 is 24.1 Å². The van der Waals surface area contributed by atoms with Crippen LogP contribution in [-0.4, -0.2) is 24.9 Å². The summed E-state index contributed by atoms with van der Waals surface area (Å²) in [7, 11) is 1.58. The van der Waals surface area contributed by atoms with Crippen LogP contribution in [0.4, 0.5) is 0 Å². The van der Waals surface area contributed by atoms with E-state index >= 15 is 0 Å². The molecule has 0 atom stereocenters. The summed E-state index contributed by atoms with van der Waals surface area (Å²) >= 11 is 0. The standard InChI is InChI=1S/C19H15NO6/c1-23-12-2-4-13(5-3-12)24-9-16-14(19(21)22)6-11-7-17-18(26-10-25-17)8-15(11)20-16/h2-8H,9-10H2,1H3,(H,21,22)/p-1. The molecule has 0 radical (unpaired) electrons. The molecular weight excluding hydrogens is 338 g/mol. The summed E-state index contributed by atoms with van der Waals surface area (Å²) < 4.78 is 21.4. The van der Waals surface area contributed by atoms with Gasteiger partial charge in [-0.15, -0.1) is 0 Å². The number of pyridine rings is 1. The number of fused-ring (bicyclic) bond motifs is 2. The average Bonchev–Trinajstić information content (AvgIpc) is 3.11. The van der Waals surface area contributed by atoms with Crippen molar-refractivity contribution < 1.29 is 28.8 Å². The molecule has 0 bridgehead atoms. The second-order valence-corrected chi connectivity index (χ2v) is 5.63. The second-order valence-electron chi connectivity index (χ2n) is 5.63. The molecule has 0 fully saturated rings. The summed E-state index contributed by atoms with van der Waals surface area (Å²) in [6.45, 7) is 0.118. The molecule has 1 aliphatic heterocycles. The van der Waals surface area contributed by atoms with Crippen molar-refractivity contribution in [2.75, 3.05) is 13.9 Å². The first-order valence-corrected chi connectivity index (χ1v) is 7.85. The second kappa shape index (κ2) is 6.44. The molecule has 2 heterocycles. The maximum absolute atomic E-state index is 11.5. The smallest absolute Gasteiger partial charge is 0.231 e. The zero-order valence-corrected chi connectivity index (χ0v) is 13.9. The maximum Gasteiger partial charge on any atom is 0.231 e. The van der Waals surface area contributed by atoms with Crippen molar-refractivity contribution in [1.82, 2.24) is 4.98 Å². The van der Waals surface area contributed by atoms with Crippen LogP contribution in [0.3, 0.4) is 0 Å². The molecule has 0 spiro atoms. The van der Waals surface area contributed by atoms with E-state index in [1.54, 1.807) is 43.5 Å². The lowest BCUT2D eigenvalue weighted by molar-refractivity contribution is -0.255. The fraction of sp³-hybridized carbons (Fsp3) is 0.158. The van der Waals surface area contributed by atoms with Gasteiger partial charge < -0.3 is 28.8 Å². The largest absolute Gasteiger partial charge is 0.545 e. The van der Waals surface area contributed by atoms with Crippen LogP contribution in [0.2, 0.25) is 0 Å². The van der Waals surface area contributed by atoms with Crippen molar-refractivity contribution in [3.63, 3.8) is 0 Å². The Morgan fingerprint density at radius 3 is 2.50 bits per heavy atom. The van der Waals surface area contributed by atoms with Gasteiger partial charge >= 0.3 is 0 Å². The van der Waals surface area contributed by atoms with E-state index in [1.165, 1.54) is 6.07 Å². The van der Waals surface area contributed by atoms with Crippen LogP contribution in [0.5, 0.6) is 23.0 Å². The van der Waals surface area contributed by atoms with E-state index in [4.69, 9.17) is 18.9 Å². The Hall–Kier alpha value is -3.48. The van der Waals surface area contributed by atoms with Gasteiger partial charge in [-0.2, -0.15) is 0 Å². The minimum Gasteiger partial charge on any atom is -0.545 e. The molecule has 0 saturated heterocycles. The third kappa shape index (κ3) is 2.95. The van der Waals surface area contributed by atoms with Gasteiger partial charge in [0.25, 0.3) is 0 Å². The van der Waals surface area contributed by atoms with Crippen molar-refractivity contribution in [1.29, 1.82) is 0 Å². The Kier molecular flexibility index (Phi) is 3.96. The van der Waals surface area contributed by atoms with Crippen molar-refractivity contribution >= 4 is 16.9 Å². The van der Waals surface area contributed by atoms with Gasteiger partial charge in [-0.05, 0) is 36.4 Å². The molecule has 7 heteroatoms. The highest BCUT2D eigenvalue weighted by Crippen LogP contribution is 2.36. The minimum absolute atomic E-state index is 0.0139. The Morgan fingerprint density at radius 2 is 1.81 bits per heavy atom. The Labute approximate surface area is 148 Å². The molecule has 0 saturated carbocycles. The number of carbonyl (C=O) groups is 1. The number of benzene rings is 2. The molecular formula is C19H14NO6-. The number of hydrogen-bond acceptors (Lipinski definition) is 7. The highest BCUT2D eigenvalue weighted by atomic mass is 16.7. The fourth-order valence-corrected chi connectivity index (χ4v) is 2.71. The fourth-order valence-electron chi connectivity index (χ4n) is 2.71. The van der Waals surface area contributed by atoms with E-state index in [9.17, 15) is 9.90 Å². The molecule has 0 aliphatic carbocycles. The summed E-state index contributed by atoms with van der Waals surface area (Å²) in [5, 5.41) is 12.1. The lowest BCUT2D eigenvalue weighted by Gasteiger charge is -2.13. The minimum atomic E-state index is -1.31. The van der Waals surface area contributed by atoms with Crippen LogP contribution >= 0.6 is 0 Å². The number of aromatic carboxylic acids is 1. The molecule has 7 nitrogen and oxygen atoms in total. The lowest BCUT2D eigenvalue weighted by Crippen LogP contribution is -2.25. The number of carboxylic acid groups (broad SMARTS) is 1. The van der Waals surface area contributed by atoms with Gasteiger partial charge in [0.15, 0.2) is 11.5 Å². The first-order chi connectivity index (χ1) is 12.6. The SMILES string of the molecule is COc1ccc(OCc2nc3cc4c(cc3cc2C(=O)[O-])OCO4)cc1. The highest BCUT2D eigenvalue weighted by molar-refractivity contribution is 5.93. The molecule has 1 aliphatic rings. The number of rotatable bonds is 5. The van der Waals surface area contributed by atoms with Crippen LogP contribution in [0, 0.1) is 0 Å². The molecule has 4 rings (SSSR count). The first-order valence-electron chi connectivity index (χ1n) is 7.85. The number of aromatic nitrogens is 1. The monoisotopic (exact) mass is 352 g/mol. The summed E-state index contributed by atoms with van der Waals surface area (Å²) in [6.07, 6.45) is 0. The number of ether oxygens (including phenoxy) is 4. The average molecular weight is 352 g/mol. The normalized spacial score (nSPS) is 12.2. The molecule has 2 aromatic carbocycles. The van der Waals surface area contributed by atoms with Gasteiger partial charge in [-0.3, -0.25) is 0 Å². The molecule has 26 heavy (non-hydrogen) atoms. The summed E-state index contributed by atoms with van der Waals surface area (Å²) in [4.78, 5) is 15.9. The van der Waals surface area contributed by atoms with Crippen LogP contribution in [0.25, 0.3) is 10.9 Å². The molecule has 0 N–H and O–H groups in total. The van der Waals surface area contributed by atoms with E-state index in [0.29, 0.717) is 33.9 Å². The van der Waals surface area contributed by atoms with E-state index < -0.39 is 5.97 Å². The Balaban J connectivity index is 1.66. The topological polar surface area (TPSA) is 89.9 Å². The van der Waals surface area contributed by atoms with E-state index in [1.807, 2.05) is 0 Å². The van der Waals surface area contributed by atoms with Crippen LogP contribution in [-0.2, 0) is 6.61 Å². The van der Waals surface area contributed by atoms with Gasteiger partial charge in [0.05, 0.1) is 24.3 Å². The van der Waals surface area contributed by atoms with E-state index in [2.05, 4.69) is 4.98 Å². The molecule has 0 unspecified atom stereocenters. The maximum atomic E-state index is 11.5. The predicted molar refractivity (Wildman–Crippen MR) is 89.5 cm³/mol. The number of methoxy groups -OCH3 is 1. The van der Waals surface area contributed by atoms with Gasteiger partial charge in [0, 0.05) is 17.0 Å². The molecule has 0 amide bonds. The van der Waals surface area contributed by atoms with Gasteiger partial charge in [0.1, 0.15) is 18.1 Å². The predicted octanol–water partition coefficient (Wildman–Crippen LogP) is 1.91.